The van der Waals surface area contributed by atoms with Gasteiger partial charge in [0.05, 0.1) is 6.54 Å². The van der Waals surface area contributed by atoms with Crippen LogP contribution in [-0.2, 0) is 20.9 Å². The van der Waals surface area contributed by atoms with Crippen molar-refractivity contribution in [2.45, 2.75) is 52.9 Å². The molecule has 1 saturated heterocycles. The van der Waals surface area contributed by atoms with Crippen LogP contribution in [0, 0.1) is 0 Å². The van der Waals surface area contributed by atoms with E-state index in [1.807, 2.05) is 6.07 Å². The van der Waals surface area contributed by atoms with E-state index in [2.05, 4.69) is 0 Å². The molecule has 1 N–H and O–H groups in total. The number of nitrogens with zero attached hydrogens (tertiary/aromatic N) is 4. The minimum Gasteiger partial charge on any atom is -0.465 e. The van der Waals surface area contributed by atoms with Crippen molar-refractivity contribution < 1.29 is 38.6 Å². The summed E-state index contributed by atoms with van der Waals surface area (Å²) in [6, 6.07) is 6.66. The van der Waals surface area contributed by atoms with Gasteiger partial charge in [0, 0.05) is 26.2 Å². The van der Waals surface area contributed by atoms with Crippen molar-refractivity contribution in [2.24, 2.45) is 0 Å². The Hall–Kier alpha value is -3.83. The average molecular weight is 507 g/mol. The number of carbonyl (C=O) groups is 5. The molecule has 198 valence electrons. The molecule has 0 bridgehead atoms. The molecule has 6 amide bonds. The first-order valence-corrected chi connectivity index (χ1v) is 11.7. The quantitative estimate of drug-likeness (QED) is 0.643. The van der Waals surface area contributed by atoms with Gasteiger partial charge in [0.2, 0.25) is 0 Å². The van der Waals surface area contributed by atoms with Crippen LogP contribution in [0.15, 0.2) is 30.3 Å². The maximum atomic E-state index is 13.5. The summed E-state index contributed by atoms with van der Waals surface area (Å²) in [5.41, 5.74) is -0.127. The van der Waals surface area contributed by atoms with Crippen molar-refractivity contribution in [2.75, 3.05) is 32.7 Å². The lowest BCUT2D eigenvalue weighted by atomic mass is 10.1. The highest BCUT2D eigenvalue weighted by Crippen LogP contribution is 2.19. The van der Waals surface area contributed by atoms with Gasteiger partial charge >= 0.3 is 24.3 Å². The molecule has 1 aliphatic rings. The number of imide groups is 2. The van der Waals surface area contributed by atoms with Gasteiger partial charge in [0.1, 0.15) is 18.2 Å². The molecule has 36 heavy (non-hydrogen) atoms. The Morgan fingerprint density at radius 2 is 1.61 bits per heavy atom. The van der Waals surface area contributed by atoms with E-state index < -0.39 is 41.9 Å². The largest absolute Gasteiger partial charge is 0.465 e. The maximum Gasteiger partial charge on any atom is 0.418 e. The summed E-state index contributed by atoms with van der Waals surface area (Å²) in [4.78, 5) is 67.4. The van der Waals surface area contributed by atoms with Crippen molar-refractivity contribution in [1.82, 2.24) is 19.6 Å². The van der Waals surface area contributed by atoms with Gasteiger partial charge in [-0.3, -0.25) is 14.6 Å². The minimum absolute atomic E-state index is 0.0225. The van der Waals surface area contributed by atoms with Gasteiger partial charge in [0.25, 0.3) is 5.91 Å². The van der Waals surface area contributed by atoms with Crippen LogP contribution in [0.4, 0.5) is 19.2 Å². The molecule has 1 aromatic rings. The van der Waals surface area contributed by atoms with Crippen LogP contribution < -0.4 is 0 Å². The first kappa shape index (κ1) is 28.4. The zero-order chi connectivity index (χ0) is 27.0. The molecule has 0 spiro atoms. The lowest BCUT2D eigenvalue weighted by molar-refractivity contribution is -0.136. The Kier molecular flexibility index (Phi) is 9.65. The molecule has 1 fully saturated rings. The van der Waals surface area contributed by atoms with Gasteiger partial charge in [-0.2, -0.15) is 0 Å². The summed E-state index contributed by atoms with van der Waals surface area (Å²) in [5, 5.41) is 9.44. The molecular weight excluding hydrogens is 472 g/mol. The second kappa shape index (κ2) is 12.2. The Morgan fingerprint density at radius 1 is 1.00 bits per heavy atom. The molecule has 0 aromatic heterocycles. The van der Waals surface area contributed by atoms with Crippen LogP contribution in [0.5, 0.6) is 0 Å². The van der Waals surface area contributed by atoms with Gasteiger partial charge in [-0.1, -0.05) is 30.3 Å². The Morgan fingerprint density at radius 3 is 2.14 bits per heavy atom. The van der Waals surface area contributed by atoms with Crippen LogP contribution in [0.2, 0.25) is 0 Å². The number of piperazine rings is 1. The molecule has 2 rings (SSSR count). The van der Waals surface area contributed by atoms with Crippen LogP contribution in [0.1, 0.15) is 40.2 Å². The van der Waals surface area contributed by atoms with Crippen LogP contribution in [-0.4, -0.2) is 99.3 Å². The number of ether oxygens (including phenoxy) is 2. The molecule has 0 saturated carbocycles. The molecule has 0 radical (unpaired) electrons. The van der Waals surface area contributed by atoms with E-state index in [1.165, 1.54) is 6.92 Å². The summed E-state index contributed by atoms with van der Waals surface area (Å²) >= 11 is 0. The van der Waals surface area contributed by atoms with Crippen molar-refractivity contribution in [3.8, 4) is 0 Å². The fourth-order valence-corrected chi connectivity index (χ4v) is 3.56. The van der Waals surface area contributed by atoms with Crippen molar-refractivity contribution in [3.05, 3.63) is 35.9 Å². The van der Waals surface area contributed by atoms with E-state index in [1.54, 1.807) is 52.0 Å². The predicted molar refractivity (Wildman–Crippen MR) is 128 cm³/mol. The number of carboxylic acid groups (broad SMARTS) is 1. The highest BCUT2D eigenvalue weighted by atomic mass is 16.6. The molecule has 1 heterocycles. The Labute approximate surface area is 210 Å². The zero-order valence-electron chi connectivity index (χ0n) is 21.3. The Bertz CT molecular complexity index is 963. The van der Waals surface area contributed by atoms with E-state index in [9.17, 15) is 29.1 Å². The average Bonchev–Trinajstić information content (AvgIpc) is 2.82. The molecule has 1 aliphatic heterocycles. The monoisotopic (exact) mass is 506 g/mol. The molecule has 1 aromatic carbocycles. The van der Waals surface area contributed by atoms with Crippen molar-refractivity contribution >= 4 is 30.2 Å². The molecule has 1 atom stereocenters. The lowest BCUT2D eigenvalue weighted by Crippen LogP contribution is -2.64. The highest BCUT2D eigenvalue weighted by molar-refractivity contribution is 6.03. The zero-order valence-corrected chi connectivity index (χ0v) is 21.3. The predicted octanol–water partition coefficient (Wildman–Crippen LogP) is 3.21. The highest BCUT2D eigenvalue weighted by Gasteiger charge is 2.43. The summed E-state index contributed by atoms with van der Waals surface area (Å²) in [6.45, 7) is 7.36. The van der Waals surface area contributed by atoms with Crippen molar-refractivity contribution in [1.29, 1.82) is 0 Å². The minimum atomic E-state index is -1.31. The topological polar surface area (TPSA) is 137 Å². The van der Waals surface area contributed by atoms with Crippen LogP contribution in [0.3, 0.4) is 0 Å². The SMILES string of the molecule is CCN(C(=O)OCc1ccccc1)C(=O)N(CC)C(=O)C1CN(C(=O)O)CCN1C(=O)OC(C)(C)C. The van der Waals surface area contributed by atoms with Gasteiger partial charge < -0.3 is 19.5 Å². The number of rotatable bonds is 5. The van der Waals surface area contributed by atoms with E-state index in [0.29, 0.717) is 0 Å². The number of hydrogen-bond acceptors (Lipinski definition) is 7. The van der Waals surface area contributed by atoms with E-state index in [-0.39, 0.29) is 39.3 Å². The maximum absolute atomic E-state index is 13.5. The van der Waals surface area contributed by atoms with Gasteiger partial charge in [0.15, 0.2) is 0 Å². The molecule has 1 unspecified atom stereocenters. The fraction of sp³-hybridized carbons (Fsp3) is 0.542. The number of amides is 6. The fourth-order valence-electron chi connectivity index (χ4n) is 3.56. The second-order valence-corrected chi connectivity index (χ2v) is 9.07. The van der Waals surface area contributed by atoms with E-state index in [4.69, 9.17) is 9.47 Å². The van der Waals surface area contributed by atoms with E-state index in [0.717, 1.165) is 25.2 Å². The third-order valence-electron chi connectivity index (χ3n) is 5.35. The van der Waals surface area contributed by atoms with E-state index >= 15 is 0 Å². The van der Waals surface area contributed by atoms with Crippen LogP contribution >= 0.6 is 0 Å². The first-order valence-electron chi connectivity index (χ1n) is 11.7. The Balaban J connectivity index is 2.23. The van der Waals surface area contributed by atoms with Gasteiger partial charge in [-0.15, -0.1) is 0 Å². The molecular formula is C24H34N4O8. The molecule has 0 aliphatic carbocycles. The molecule has 12 heteroatoms. The molecule has 12 nitrogen and oxygen atoms in total. The lowest BCUT2D eigenvalue weighted by Gasteiger charge is -2.41. The van der Waals surface area contributed by atoms with Crippen molar-refractivity contribution in [3.63, 3.8) is 0 Å². The van der Waals surface area contributed by atoms with Crippen LogP contribution in [0.25, 0.3) is 0 Å². The summed E-state index contributed by atoms with van der Waals surface area (Å²) < 4.78 is 10.6. The first-order chi connectivity index (χ1) is 16.9. The number of carbonyl (C=O) groups excluding carboxylic acids is 4. The summed E-state index contributed by atoms with van der Waals surface area (Å²) in [6.07, 6.45) is -2.99. The second-order valence-electron chi connectivity index (χ2n) is 9.07. The third kappa shape index (κ3) is 7.33. The number of urea groups is 1. The standard InChI is InChI=1S/C24H34N4O8/c1-6-26(20(30)27(7-2)22(33)35-16-17-11-9-8-10-12-17)19(29)18-15-25(21(31)32)13-14-28(18)23(34)36-24(3,4)5/h8-12,18H,6-7,13-16H2,1-5H3,(H,31,32). The number of hydrogen-bond donors (Lipinski definition) is 1. The van der Waals surface area contributed by atoms with Gasteiger partial charge in [-0.05, 0) is 40.2 Å². The summed E-state index contributed by atoms with van der Waals surface area (Å²) in [7, 11) is 0. The summed E-state index contributed by atoms with van der Waals surface area (Å²) in [5.74, 6) is -0.825. The van der Waals surface area contributed by atoms with Gasteiger partial charge in [-0.25, -0.2) is 24.1 Å². The number of likely N-dealkylation sites (N-methyl/N-ethyl adjacent to an activating group) is 1. The smallest absolute Gasteiger partial charge is 0.418 e. The third-order valence-corrected chi connectivity index (χ3v) is 5.35. The number of benzene rings is 1. The normalized spacial score (nSPS) is 15.6.